The van der Waals surface area contributed by atoms with Crippen molar-refractivity contribution in [3.8, 4) is 0 Å². The minimum absolute atomic E-state index is 0.0451. The maximum Gasteiger partial charge on any atom is 0.323 e. The molecule has 9 nitrogen and oxygen atoms in total. The Morgan fingerprint density at radius 3 is 2.45 bits per heavy atom. The van der Waals surface area contributed by atoms with Gasteiger partial charge in [0, 0.05) is 19.6 Å². The Bertz CT molecular complexity index is 791. The van der Waals surface area contributed by atoms with Crippen LogP contribution in [-0.4, -0.2) is 82.0 Å². The number of morpholine rings is 1. The molecule has 1 heterocycles. The third kappa shape index (κ3) is 6.49. The second-order valence-electron chi connectivity index (χ2n) is 6.78. The molecule has 1 fully saturated rings. The minimum Gasteiger partial charge on any atom is -0.465 e. The SMILES string of the molecule is CCOC(=O)[C@@H](C)N(C)CC(=O)NCc1ccc(S(=O)(=O)N2CCOCC2)cc1. The summed E-state index contributed by atoms with van der Waals surface area (Å²) in [5.41, 5.74) is 0.778. The van der Waals surface area contributed by atoms with E-state index in [0.717, 1.165) is 5.56 Å². The van der Waals surface area contributed by atoms with Gasteiger partial charge in [-0.1, -0.05) is 12.1 Å². The summed E-state index contributed by atoms with van der Waals surface area (Å²) in [6, 6.07) is 5.92. The molecule has 1 aliphatic rings. The Morgan fingerprint density at radius 2 is 1.86 bits per heavy atom. The molecule has 0 unspecified atom stereocenters. The molecule has 0 bridgehead atoms. The highest BCUT2D eigenvalue weighted by molar-refractivity contribution is 7.89. The van der Waals surface area contributed by atoms with Crippen molar-refractivity contribution in [2.75, 3.05) is 46.5 Å². The molecule has 10 heteroatoms. The van der Waals surface area contributed by atoms with Crippen LogP contribution in [0.1, 0.15) is 19.4 Å². The Labute approximate surface area is 172 Å². The van der Waals surface area contributed by atoms with Gasteiger partial charge in [-0.15, -0.1) is 0 Å². The van der Waals surface area contributed by atoms with Gasteiger partial charge in [-0.05, 0) is 38.6 Å². The summed E-state index contributed by atoms with van der Waals surface area (Å²) in [4.78, 5) is 25.7. The number of hydrogen-bond acceptors (Lipinski definition) is 7. The second kappa shape index (κ2) is 10.7. The van der Waals surface area contributed by atoms with Crippen molar-refractivity contribution in [1.82, 2.24) is 14.5 Å². The standard InChI is InChI=1S/C19H29N3O6S/c1-4-28-19(24)15(2)21(3)14-18(23)20-13-16-5-7-17(8-6-16)29(25,26)22-9-11-27-12-10-22/h5-8,15H,4,9-14H2,1-3H3,(H,20,23)/t15-/m1/s1. The van der Waals surface area contributed by atoms with Gasteiger partial charge in [0.25, 0.3) is 0 Å². The van der Waals surface area contributed by atoms with Crippen molar-refractivity contribution < 1.29 is 27.5 Å². The second-order valence-corrected chi connectivity index (χ2v) is 8.72. The summed E-state index contributed by atoms with van der Waals surface area (Å²) in [5.74, 6) is -0.617. The van der Waals surface area contributed by atoms with Crippen molar-refractivity contribution in [2.24, 2.45) is 0 Å². The van der Waals surface area contributed by atoms with Crippen LogP contribution in [0.25, 0.3) is 0 Å². The molecule has 1 aromatic carbocycles. The zero-order valence-corrected chi connectivity index (χ0v) is 17.9. The van der Waals surface area contributed by atoms with Gasteiger partial charge < -0.3 is 14.8 Å². The van der Waals surface area contributed by atoms with Crippen molar-refractivity contribution in [3.63, 3.8) is 0 Å². The first-order valence-corrected chi connectivity index (χ1v) is 11.0. The number of carbonyl (C=O) groups is 2. The summed E-state index contributed by atoms with van der Waals surface area (Å²) >= 11 is 0. The van der Waals surface area contributed by atoms with Crippen LogP contribution in [0.4, 0.5) is 0 Å². The van der Waals surface area contributed by atoms with Crippen LogP contribution in [0.3, 0.4) is 0 Å². The molecule has 0 spiro atoms. The van der Waals surface area contributed by atoms with Gasteiger partial charge in [-0.2, -0.15) is 4.31 Å². The van der Waals surface area contributed by atoms with Crippen molar-refractivity contribution in [2.45, 2.75) is 31.3 Å². The first-order valence-electron chi connectivity index (χ1n) is 9.56. The van der Waals surface area contributed by atoms with Crippen LogP contribution in [0.5, 0.6) is 0 Å². The van der Waals surface area contributed by atoms with Gasteiger partial charge in [-0.3, -0.25) is 14.5 Å². The van der Waals surface area contributed by atoms with Crippen LogP contribution in [-0.2, 0) is 35.6 Å². The highest BCUT2D eigenvalue weighted by Gasteiger charge is 2.26. The Balaban J connectivity index is 1.86. The lowest BCUT2D eigenvalue weighted by Gasteiger charge is -2.26. The van der Waals surface area contributed by atoms with E-state index >= 15 is 0 Å². The van der Waals surface area contributed by atoms with Gasteiger partial charge in [0.2, 0.25) is 15.9 Å². The largest absolute Gasteiger partial charge is 0.465 e. The molecule has 29 heavy (non-hydrogen) atoms. The molecule has 1 N–H and O–H groups in total. The lowest BCUT2D eigenvalue weighted by atomic mass is 10.2. The van der Waals surface area contributed by atoms with E-state index in [-0.39, 0.29) is 29.9 Å². The molecule has 0 radical (unpaired) electrons. The summed E-state index contributed by atoms with van der Waals surface area (Å²) in [6.07, 6.45) is 0. The molecular weight excluding hydrogens is 398 g/mol. The first-order chi connectivity index (χ1) is 13.8. The smallest absolute Gasteiger partial charge is 0.323 e. The molecule has 0 aromatic heterocycles. The van der Waals surface area contributed by atoms with Gasteiger partial charge in [-0.25, -0.2) is 8.42 Å². The number of likely N-dealkylation sites (N-methyl/N-ethyl adjacent to an activating group) is 1. The lowest BCUT2D eigenvalue weighted by Crippen LogP contribution is -2.43. The van der Waals surface area contributed by atoms with Crippen molar-refractivity contribution in [3.05, 3.63) is 29.8 Å². The maximum absolute atomic E-state index is 12.6. The molecule has 1 atom stereocenters. The number of benzene rings is 1. The van der Waals surface area contributed by atoms with E-state index in [2.05, 4.69) is 5.32 Å². The van der Waals surface area contributed by atoms with Gasteiger partial charge in [0.1, 0.15) is 6.04 Å². The van der Waals surface area contributed by atoms with E-state index in [1.165, 1.54) is 4.31 Å². The molecule has 0 saturated carbocycles. The molecule has 2 rings (SSSR count). The normalized spacial score (nSPS) is 16.4. The van der Waals surface area contributed by atoms with Crippen LogP contribution in [0.15, 0.2) is 29.2 Å². The number of ether oxygens (including phenoxy) is 2. The molecule has 0 aliphatic carbocycles. The monoisotopic (exact) mass is 427 g/mol. The Kier molecular flexibility index (Phi) is 8.57. The number of esters is 1. The average molecular weight is 428 g/mol. The van der Waals surface area contributed by atoms with Crippen LogP contribution < -0.4 is 5.32 Å². The summed E-state index contributed by atoms with van der Waals surface area (Å²) in [7, 11) is -1.86. The lowest BCUT2D eigenvalue weighted by molar-refractivity contribution is -0.148. The van der Waals surface area contributed by atoms with E-state index in [1.54, 1.807) is 50.1 Å². The Morgan fingerprint density at radius 1 is 1.24 bits per heavy atom. The number of sulfonamides is 1. The van der Waals surface area contributed by atoms with Gasteiger partial charge in [0.05, 0.1) is 31.3 Å². The van der Waals surface area contributed by atoms with Crippen LogP contribution in [0, 0.1) is 0 Å². The van der Waals surface area contributed by atoms with Gasteiger partial charge in [0.15, 0.2) is 0 Å². The summed E-state index contributed by atoms with van der Waals surface area (Å²) in [5, 5.41) is 2.77. The third-order valence-corrected chi connectivity index (χ3v) is 6.62. The zero-order chi connectivity index (χ0) is 21.4. The molecule has 1 aliphatic heterocycles. The van der Waals surface area contributed by atoms with E-state index in [4.69, 9.17) is 9.47 Å². The van der Waals surface area contributed by atoms with E-state index in [9.17, 15) is 18.0 Å². The quantitative estimate of drug-likeness (QED) is 0.562. The number of nitrogens with one attached hydrogen (secondary N) is 1. The summed E-state index contributed by atoms with van der Waals surface area (Å²) < 4.78 is 36.8. The fraction of sp³-hybridized carbons (Fsp3) is 0.579. The maximum atomic E-state index is 12.6. The van der Waals surface area contributed by atoms with E-state index in [0.29, 0.717) is 32.9 Å². The fourth-order valence-corrected chi connectivity index (χ4v) is 4.19. The highest BCUT2D eigenvalue weighted by atomic mass is 32.2. The highest BCUT2D eigenvalue weighted by Crippen LogP contribution is 2.17. The zero-order valence-electron chi connectivity index (χ0n) is 17.1. The predicted molar refractivity (Wildman–Crippen MR) is 107 cm³/mol. The molecule has 1 amide bonds. The molecule has 162 valence electrons. The van der Waals surface area contributed by atoms with E-state index < -0.39 is 16.1 Å². The number of nitrogens with zero attached hydrogens (tertiary/aromatic N) is 2. The number of amides is 1. The molecular formula is C19H29N3O6S. The topological polar surface area (TPSA) is 105 Å². The average Bonchev–Trinajstić information content (AvgIpc) is 2.72. The van der Waals surface area contributed by atoms with Crippen molar-refractivity contribution in [1.29, 1.82) is 0 Å². The fourth-order valence-electron chi connectivity index (χ4n) is 2.78. The van der Waals surface area contributed by atoms with Crippen LogP contribution >= 0.6 is 0 Å². The number of carbonyl (C=O) groups excluding carboxylic acids is 2. The third-order valence-electron chi connectivity index (χ3n) is 4.70. The van der Waals surface area contributed by atoms with Crippen LogP contribution in [0.2, 0.25) is 0 Å². The molecule has 1 aromatic rings. The number of hydrogen-bond donors (Lipinski definition) is 1. The van der Waals surface area contributed by atoms with Gasteiger partial charge >= 0.3 is 5.97 Å². The van der Waals surface area contributed by atoms with Crippen molar-refractivity contribution >= 4 is 21.9 Å². The number of rotatable bonds is 9. The Hall–Kier alpha value is -2.01. The first kappa shape index (κ1) is 23.3. The molecule has 1 saturated heterocycles. The predicted octanol–water partition coefficient (Wildman–Crippen LogP) is 0.207. The summed E-state index contributed by atoms with van der Waals surface area (Å²) in [6.45, 7) is 5.49. The van der Waals surface area contributed by atoms with E-state index in [1.807, 2.05) is 0 Å². The minimum atomic E-state index is -3.53.